The molecule has 2 heterocycles. The first kappa shape index (κ1) is 30.2. The standard InChI is InChI=1S/C48H33N3S/c1-4-14-35(15-5-1)49-36-24-27-47-43(31-36)44-32-40(25-28-48(44)52-47)50(37-16-6-2-7-17-37)39-20-12-13-33(29-39)34-23-26-42-41-21-10-11-22-45(41)51(46(42)30-34)38-18-8-3-9-19-38/h1-32,49H. The molecule has 0 unspecified atom stereocenters. The number of nitrogens with one attached hydrogen (secondary N) is 1. The highest BCUT2D eigenvalue weighted by Crippen LogP contribution is 2.43. The summed E-state index contributed by atoms with van der Waals surface area (Å²) in [6.07, 6.45) is 0. The molecule has 0 aliphatic rings. The first-order valence-corrected chi connectivity index (χ1v) is 18.4. The highest BCUT2D eigenvalue weighted by Gasteiger charge is 2.17. The number of aromatic nitrogens is 1. The van der Waals surface area contributed by atoms with Crippen molar-refractivity contribution in [1.29, 1.82) is 0 Å². The number of thiophene rings is 1. The highest BCUT2D eigenvalue weighted by molar-refractivity contribution is 7.25. The van der Waals surface area contributed by atoms with Crippen molar-refractivity contribution in [3.05, 3.63) is 194 Å². The van der Waals surface area contributed by atoms with E-state index in [1.54, 1.807) is 0 Å². The number of hydrogen-bond donors (Lipinski definition) is 1. The lowest BCUT2D eigenvalue weighted by Gasteiger charge is -2.26. The molecule has 0 aliphatic heterocycles. The predicted octanol–water partition coefficient (Wildman–Crippen LogP) is 14.0. The Morgan fingerprint density at radius 3 is 1.85 bits per heavy atom. The smallest absolute Gasteiger partial charge is 0.0547 e. The van der Waals surface area contributed by atoms with Crippen molar-refractivity contribution in [2.75, 3.05) is 10.2 Å². The molecule has 1 N–H and O–H groups in total. The van der Waals surface area contributed by atoms with E-state index in [2.05, 4.69) is 203 Å². The number of anilines is 5. The summed E-state index contributed by atoms with van der Waals surface area (Å²) in [7, 11) is 0. The summed E-state index contributed by atoms with van der Waals surface area (Å²) in [5, 5.41) is 8.61. The second-order valence-electron chi connectivity index (χ2n) is 13.1. The average molecular weight is 684 g/mol. The van der Waals surface area contributed by atoms with Gasteiger partial charge in [-0.25, -0.2) is 0 Å². The molecule has 0 radical (unpaired) electrons. The zero-order valence-electron chi connectivity index (χ0n) is 28.3. The second kappa shape index (κ2) is 12.6. The summed E-state index contributed by atoms with van der Waals surface area (Å²) < 4.78 is 4.94. The molecule has 3 nitrogen and oxygen atoms in total. The van der Waals surface area contributed by atoms with Crippen LogP contribution in [0.15, 0.2) is 194 Å². The summed E-state index contributed by atoms with van der Waals surface area (Å²) in [6, 6.07) is 69.8. The van der Waals surface area contributed by atoms with E-state index in [1.165, 1.54) is 53.1 Å². The van der Waals surface area contributed by atoms with E-state index in [9.17, 15) is 0 Å². The molecule has 10 aromatic rings. The summed E-state index contributed by atoms with van der Waals surface area (Å²) in [6.45, 7) is 0. The van der Waals surface area contributed by atoms with Crippen LogP contribution in [0.1, 0.15) is 0 Å². The Kier molecular flexibility index (Phi) is 7.33. The van der Waals surface area contributed by atoms with Crippen molar-refractivity contribution in [2.24, 2.45) is 0 Å². The summed E-state index contributed by atoms with van der Waals surface area (Å²) in [4.78, 5) is 2.37. The summed E-state index contributed by atoms with van der Waals surface area (Å²) in [5.41, 5.74) is 11.4. The van der Waals surface area contributed by atoms with Gasteiger partial charge in [0, 0.05) is 65.1 Å². The van der Waals surface area contributed by atoms with Crippen LogP contribution < -0.4 is 10.2 Å². The molecular weight excluding hydrogens is 651 g/mol. The molecule has 0 saturated carbocycles. The van der Waals surface area contributed by atoms with Gasteiger partial charge in [0.15, 0.2) is 0 Å². The van der Waals surface area contributed by atoms with E-state index < -0.39 is 0 Å². The van der Waals surface area contributed by atoms with Crippen LogP contribution in [0.4, 0.5) is 28.4 Å². The SMILES string of the molecule is c1ccc(Nc2ccc3sc4ccc(N(c5ccccc5)c5cccc(-c6ccc7c8ccccc8n(-c8ccccc8)c7c6)c5)cc4c3c2)cc1. The van der Waals surface area contributed by atoms with Gasteiger partial charge < -0.3 is 14.8 Å². The molecule has 246 valence electrons. The van der Waals surface area contributed by atoms with Gasteiger partial charge in [0.05, 0.1) is 11.0 Å². The van der Waals surface area contributed by atoms with Gasteiger partial charge in [-0.2, -0.15) is 0 Å². The molecular formula is C48H33N3S. The Labute approximate surface area is 306 Å². The fraction of sp³-hybridized carbons (Fsp3) is 0. The molecule has 0 spiro atoms. The summed E-state index contributed by atoms with van der Waals surface area (Å²) >= 11 is 1.84. The Bertz CT molecular complexity index is 2870. The van der Waals surface area contributed by atoms with Crippen molar-refractivity contribution in [3.8, 4) is 16.8 Å². The lowest BCUT2D eigenvalue weighted by Crippen LogP contribution is -2.09. The van der Waals surface area contributed by atoms with Crippen LogP contribution in [-0.4, -0.2) is 4.57 Å². The fourth-order valence-electron chi connectivity index (χ4n) is 7.52. The lowest BCUT2D eigenvalue weighted by molar-refractivity contribution is 1.18. The van der Waals surface area contributed by atoms with Crippen molar-refractivity contribution in [1.82, 2.24) is 4.57 Å². The molecule has 10 rings (SSSR count). The third-order valence-corrected chi connectivity index (χ3v) is 11.1. The monoisotopic (exact) mass is 683 g/mol. The van der Waals surface area contributed by atoms with Crippen LogP contribution in [0, 0.1) is 0 Å². The van der Waals surface area contributed by atoms with E-state index in [1.807, 2.05) is 17.4 Å². The molecule has 4 heteroatoms. The van der Waals surface area contributed by atoms with E-state index in [0.29, 0.717) is 0 Å². The number of rotatable bonds is 7. The van der Waals surface area contributed by atoms with Gasteiger partial charge in [0.1, 0.15) is 0 Å². The first-order chi connectivity index (χ1) is 25.8. The number of nitrogens with zero attached hydrogens (tertiary/aromatic N) is 2. The van der Waals surface area contributed by atoms with Crippen LogP contribution in [0.25, 0.3) is 58.8 Å². The van der Waals surface area contributed by atoms with Gasteiger partial charge in [-0.05, 0) is 108 Å². The van der Waals surface area contributed by atoms with Gasteiger partial charge in [0.2, 0.25) is 0 Å². The van der Waals surface area contributed by atoms with Gasteiger partial charge in [0.25, 0.3) is 0 Å². The van der Waals surface area contributed by atoms with Gasteiger partial charge in [-0.15, -0.1) is 11.3 Å². The minimum absolute atomic E-state index is 1.08. The second-order valence-corrected chi connectivity index (χ2v) is 14.2. The van der Waals surface area contributed by atoms with Gasteiger partial charge >= 0.3 is 0 Å². The number of para-hydroxylation sites is 4. The molecule has 52 heavy (non-hydrogen) atoms. The zero-order chi connectivity index (χ0) is 34.4. The third kappa shape index (κ3) is 5.29. The maximum Gasteiger partial charge on any atom is 0.0547 e. The minimum Gasteiger partial charge on any atom is -0.356 e. The van der Waals surface area contributed by atoms with Crippen molar-refractivity contribution < 1.29 is 0 Å². The van der Waals surface area contributed by atoms with E-state index in [-0.39, 0.29) is 0 Å². The van der Waals surface area contributed by atoms with Crippen molar-refractivity contribution in [3.63, 3.8) is 0 Å². The molecule has 0 bridgehead atoms. The highest BCUT2D eigenvalue weighted by atomic mass is 32.1. The average Bonchev–Trinajstić information content (AvgIpc) is 3.74. The predicted molar refractivity (Wildman–Crippen MR) is 224 cm³/mol. The maximum absolute atomic E-state index is 3.59. The normalized spacial score (nSPS) is 11.5. The molecule has 0 saturated heterocycles. The van der Waals surface area contributed by atoms with Crippen LogP contribution in [0.2, 0.25) is 0 Å². The number of hydrogen-bond acceptors (Lipinski definition) is 3. The third-order valence-electron chi connectivity index (χ3n) is 9.91. The molecule has 8 aromatic carbocycles. The van der Waals surface area contributed by atoms with Crippen molar-refractivity contribution >= 4 is 81.8 Å². The first-order valence-electron chi connectivity index (χ1n) is 17.6. The molecule has 0 atom stereocenters. The fourth-order valence-corrected chi connectivity index (χ4v) is 8.59. The van der Waals surface area contributed by atoms with E-state index >= 15 is 0 Å². The molecule has 2 aromatic heterocycles. The Morgan fingerprint density at radius 2 is 1.02 bits per heavy atom. The van der Waals surface area contributed by atoms with Crippen LogP contribution in [-0.2, 0) is 0 Å². The molecule has 0 aliphatic carbocycles. The van der Waals surface area contributed by atoms with Crippen LogP contribution >= 0.6 is 11.3 Å². The summed E-state index contributed by atoms with van der Waals surface area (Å²) in [5.74, 6) is 0. The van der Waals surface area contributed by atoms with E-state index in [0.717, 1.165) is 34.1 Å². The molecule has 0 amide bonds. The zero-order valence-corrected chi connectivity index (χ0v) is 29.1. The van der Waals surface area contributed by atoms with Crippen LogP contribution in [0.3, 0.4) is 0 Å². The lowest BCUT2D eigenvalue weighted by atomic mass is 10.0. The Morgan fingerprint density at radius 1 is 0.385 bits per heavy atom. The van der Waals surface area contributed by atoms with Gasteiger partial charge in [-0.3, -0.25) is 0 Å². The Balaban J connectivity index is 1.10. The number of fused-ring (bicyclic) bond motifs is 6. The topological polar surface area (TPSA) is 20.2 Å². The largest absolute Gasteiger partial charge is 0.356 e. The van der Waals surface area contributed by atoms with Gasteiger partial charge in [-0.1, -0.05) is 97.1 Å². The van der Waals surface area contributed by atoms with Crippen LogP contribution in [0.5, 0.6) is 0 Å². The molecule has 0 fully saturated rings. The number of benzene rings is 8. The Hall–Kier alpha value is -6.62. The quantitative estimate of drug-likeness (QED) is 0.180. The van der Waals surface area contributed by atoms with Crippen molar-refractivity contribution in [2.45, 2.75) is 0 Å². The van der Waals surface area contributed by atoms with E-state index in [4.69, 9.17) is 0 Å². The minimum atomic E-state index is 1.08. The maximum atomic E-state index is 3.59.